The van der Waals surface area contributed by atoms with Gasteiger partial charge in [-0.2, -0.15) is 4.31 Å². The Bertz CT molecular complexity index is 871. The molecule has 152 valence electrons. The second-order valence-electron chi connectivity index (χ2n) is 6.84. The zero-order valence-electron chi connectivity index (χ0n) is 16.1. The van der Waals surface area contributed by atoms with Crippen molar-refractivity contribution in [3.05, 3.63) is 47.3 Å². The summed E-state index contributed by atoms with van der Waals surface area (Å²) in [4.78, 5) is 12.6. The van der Waals surface area contributed by atoms with Gasteiger partial charge >= 0.3 is 0 Å². The zero-order chi connectivity index (χ0) is 20.1. The number of carbonyl (C=O) groups is 1. The van der Waals surface area contributed by atoms with E-state index in [4.69, 9.17) is 4.74 Å². The van der Waals surface area contributed by atoms with Crippen LogP contribution < -0.4 is 10.1 Å². The van der Waals surface area contributed by atoms with Gasteiger partial charge < -0.3 is 10.1 Å². The molecule has 1 N–H and O–H groups in total. The number of sulfonamides is 1. The minimum atomic E-state index is -3.43. The average Bonchev–Trinajstić information content (AvgIpc) is 3.24. The molecule has 2 aromatic rings. The number of hydrogen-bond donors (Lipinski definition) is 1. The molecule has 1 aliphatic heterocycles. The van der Waals surface area contributed by atoms with Crippen molar-refractivity contribution in [1.82, 2.24) is 9.62 Å². The Morgan fingerprint density at radius 3 is 2.50 bits per heavy atom. The van der Waals surface area contributed by atoms with Gasteiger partial charge in [-0.25, -0.2) is 8.42 Å². The van der Waals surface area contributed by atoms with E-state index in [1.165, 1.54) is 15.6 Å². The summed E-state index contributed by atoms with van der Waals surface area (Å²) in [5, 5.41) is 4.81. The molecule has 0 saturated carbocycles. The van der Waals surface area contributed by atoms with Crippen LogP contribution in [0, 0.1) is 5.92 Å². The molecule has 0 bridgehead atoms. The summed E-state index contributed by atoms with van der Waals surface area (Å²) in [5.41, 5.74) is 1.01. The van der Waals surface area contributed by atoms with Gasteiger partial charge in [0.15, 0.2) is 0 Å². The van der Waals surface area contributed by atoms with Gasteiger partial charge in [0.25, 0.3) is 10.0 Å². The maximum atomic E-state index is 12.6. The van der Waals surface area contributed by atoms with Crippen molar-refractivity contribution in [2.24, 2.45) is 5.92 Å². The monoisotopic (exact) mass is 422 g/mol. The fourth-order valence-corrected chi connectivity index (χ4v) is 5.94. The van der Waals surface area contributed by atoms with Crippen LogP contribution in [0.2, 0.25) is 0 Å². The molecule has 1 amide bonds. The molecule has 1 aromatic heterocycles. The molecular formula is C20H26N2O4S2. The maximum Gasteiger partial charge on any atom is 0.252 e. The summed E-state index contributed by atoms with van der Waals surface area (Å²) in [6.45, 7) is 5.25. The largest absolute Gasteiger partial charge is 0.494 e. The van der Waals surface area contributed by atoms with E-state index in [0.29, 0.717) is 36.7 Å². The van der Waals surface area contributed by atoms with E-state index < -0.39 is 10.0 Å². The van der Waals surface area contributed by atoms with Crippen LogP contribution >= 0.6 is 11.3 Å². The number of nitrogens with one attached hydrogen (secondary N) is 1. The number of benzene rings is 1. The number of piperidine rings is 1. The Morgan fingerprint density at radius 2 is 1.93 bits per heavy atom. The second-order valence-corrected chi connectivity index (χ2v) is 9.96. The van der Waals surface area contributed by atoms with Crippen LogP contribution in [0.5, 0.6) is 5.75 Å². The molecule has 6 nitrogen and oxygen atoms in total. The van der Waals surface area contributed by atoms with Gasteiger partial charge in [-0.05, 0) is 55.8 Å². The van der Waals surface area contributed by atoms with Gasteiger partial charge in [-0.15, -0.1) is 11.3 Å². The van der Waals surface area contributed by atoms with Crippen molar-refractivity contribution in [2.45, 2.75) is 36.9 Å². The van der Waals surface area contributed by atoms with E-state index in [0.717, 1.165) is 11.3 Å². The Labute approximate surface area is 170 Å². The standard InChI is InChI=1S/C20H26N2O4S2/c1-3-26-18-8-6-16(7-9-18)15(2)21-20(23)17-10-12-22(13-11-17)28(24,25)19-5-4-14-27-19/h4-9,14-15,17H,3,10-13H2,1-2H3,(H,21,23)/t15-/m1/s1. The third-order valence-corrected chi connectivity index (χ3v) is 8.24. The summed E-state index contributed by atoms with van der Waals surface area (Å²) in [6.07, 6.45) is 1.07. The molecule has 1 aromatic carbocycles. The first-order valence-corrected chi connectivity index (χ1v) is 11.8. The molecule has 8 heteroatoms. The van der Waals surface area contributed by atoms with E-state index >= 15 is 0 Å². The molecule has 28 heavy (non-hydrogen) atoms. The number of thiophene rings is 1. The number of amides is 1. The van der Waals surface area contributed by atoms with Crippen LogP contribution in [0.1, 0.15) is 38.3 Å². The van der Waals surface area contributed by atoms with Gasteiger partial charge in [0.05, 0.1) is 12.6 Å². The molecule has 3 rings (SSSR count). The van der Waals surface area contributed by atoms with Gasteiger partial charge in [0.2, 0.25) is 5.91 Å². The lowest BCUT2D eigenvalue weighted by Crippen LogP contribution is -2.43. The van der Waals surface area contributed by atoms with E-state index in [2.05, 4.69) is 5.32 Å². The van der Waals surface area contributed by atoms with Gasteiger partial charge in [0.1, 0.15) is 9.96 Å². The van der Waals surface area contributed by atoms with Crippen LogP contribution in [0.3, 0.4) is 0 Å². The van der Waals surface area contributed by atoms with E-state index in [9.17, 15) is 13.2 Å². The molecule has 1 fully saturated rings. The number of hydrogen-bond acceptors (Lipinski definition) is 5. The first kappa shape index (κ1) is 20.8. The zero-order valence-corrected chi connectivity index (χ0v) is 17.8. The molecule has 0 aliphatic carbocycles. The number of rotatable bonds is 7. The molecule has 0 spiro atoms. The van der Waals surface area contributed by atoms with Gasteiger partial charge in [0, 0.05) is 19.0 Å². The third-order valence-electron chi connectivity index (χ3n) is 4.96. The van der Waals surface area contributed by atoms with Crippen molar-refractivity contribution < 1.29 is 17.9 Å². The second kappa shape index (κ2) is 9.07. The minimum absolute atomic E-state index is 0.0189. The lowest BCUT2D eigenvalue weighted by molar-refractivity contribution is -0.126. The van der Waals surface area contributed by atoms with Crippen molar-refractivity contribution in [1.29, 1.82) is 0 Å². The van der Waals surface area contributed by atoms with Crippen LogP contribution in [0.15, 0.2) is 46.0 Å². The lowest BCUT2D eigenvalue weighted by atomic mass is 9.96. The smallest absolute Gasteiger partial charge is 0.252 e. The first-order chi connectivity index (χ1) is 13.4. The molecule has 1 atom stereocenters. The van der Waals surface area contributed by atoms with Gasteiger partial charge in [-0.1, -0.05) is 18.2 Å². The van der Waals surface area contributed by atoms with Crippen molar-refractivity contribution in [2.75, 3.05) is 19.7 Å². The van der Waals surface area contributed by atoms with Crippen molar-refractivity contribution in [3.8, 4) is 5.75 Å². The van der Waals surface area contributed by atoms with Crippen LogP contribution in [0.25, 0.3) is 0 Å². The highest BCUT2D eigenvalue weighted by Crippen LogP contribution is 2.27. The Balaban J connectivity index is 1.53. The predicted molar refractivity (Wildman–Crippen MR) is 110 cm³/mol. The highest BCUT2D eigenvalue weighted by Gasteiger charge is 2.32. The van der Waals surface area contributed by atoms with E-state index in [1.54, 1.807) is 17.5 Å². The van der Waals surface area contributed by atoms with Crippen molar-refractivity contribution in [3.63, 3.8) is 0 Å². The Morgan fingerprint density at radius 1 is 1.25 bits per heavy atom. The van der Waals surface area contributed by atoms with Crippen LogP contribution in [0.4, 0.5) is 0 Å². The fourth-order valence-electron chi connectivity index (χ4n) is 3.33. The van der Waals surface area contributed by atoms with Crippen LogP contribution in [-0.2, 0) is 14.8 Å². The van der Waals surface area contributed by atoms with E-state index in [1.807, 2.05) is 38.1 Å². The molecule has 1 saturated heterocycles. The summed E-state index contributed by atoms with van der Waals surface area (Å²) in [5.74, 6) is 0.624. The summed E-state index contributed by atoms with van der Waals surface area (Å²) in [7, 11) is -3.43. The molecule has 0 radical (unpaired) electrons. The predicted octanol–water partition coefficient (Wildman–Crippen LogP) is 3.42. The third kappa shape index (κ3) is 4.74. The SMILES string of the molecule is CCOc1ccc([C@@H](C)NC(=O)C2CCN(S(=O)(=O)c3cccs3)CC2)cc1. The van der Waals surface area contributed by atoms with Gasteiger partial charge in [-0.3, -0.25) is 4.79 Å². The Kier molecular flexibility index (Phi) is 6.74. The maximum absolute atomic E-state index is 12.6. The molecule has 2 heterocycles. The average molecular weight is 423 g/mol. The number of ether oxygens (including phenoxy) is 1. The molecular weight excluding hydrogens is 396 g/mol. The quantitative estimate of drug-likeness (QED) is 0.742. The normalized spacial score (nSPS) is 17.2. The summed E-state index contributed by atoms with van der Waals surface area (Å²) >= 11 is 1.22. The number of nitrogens with zero attached hydrogens (tertiary/aromatic N) is 1. The topological polar surface area (TPSA) is 75.7 Å². The molecule has 1 aliphatic rings. The molecule has 0 unspecified atom stereocenters. The van der Waals surface area contributed by atoms with Crippen LogP contribution in [-0.4, -0.2) is 38.3 Å². The van der Waals surface area contributed by atoms with E-state index in [-0.39, 0.29) is 17.9 Å². The fraction of sp³-hybridized carbons (Fsp3) is 0.450. The highest BCUT2D eigenvalue weighted by molar-refractivity contribution is 7.91. The summed E-state index contributed by atoms with van der Waals surface area (Å²) < 4.78 is 32.5. The highest BCUT2D eigenvalue weighted by atomic mass is 32.2. The van der Waals surface area contributed by atoms with Crippen molar-refractivity contribution >= 4 is 27.3 Å². The number of carbonyl (C=O) groups excluding carboxylic acids is 1. The summed E-state index contributed by atoms with van der Waals surface area (Å²) in [6, 6.07) is 10.9. The lowest BCUT2D eigenvalue weighted by Gasteiger charge is -2.30. The minimum Gasteiger partial charge on any atom is -0.494 e. The first-order valence-electron chi connectivity index (χ1n) is 9.48. The Hall–Kier alpha value is -1.90.